The van der Waals surface area contributed by atoms with Crippen LogP contribution in [0.5, 0.6) is 5.75 Å². The first-order valence-electron chi connectivity index (χ1n) is 12.6. The second kappa shape index (κ2) is 9.41. The number of aliphatic hydroxyl groups is 4. The van der Waals surface area contributed by atoms with Gasteiger partial charge in [-0.3, -0.25) is 24.1 Å². The zero-order chi connectivity index (χ0) is 30.2. The number of carbonyl (C=O) groups is 4. The van der Waals surface area contributed by atoms with Crippen LogP contribution >= 0.6 is 0 Å². The Balaban J connectivity index is 1.96. The fourth-order valence-electron chi connectivity index (χ4n) is 6.11. The second-order valence-electron chi connectivity index (χ2n) is 11.3. The second-order valence-corrected chi connectivity index (χ2v) is 11.3. The molecule has 40 heavy (non-hydrogen) atoms. The molecule has 0 spiro atoms. The van der Waals surface area contributed by atoms with Gasteiger partial charge >= 0.3 is 0 Å². The minimum atomic E-state index is -3.00. The molecule has 5 unspecified atom stereocenters. The number of ketones is 2. The van der Waals surface area contributed by atoms with Crippen molar-refractivity contribution in [2.45, 2.75) is 50.0 Å². The quantitative estimate of drug-likeness (QED) is 0.169. The van der Waals surface area contributed by atoms with E-state index in [0.29, 0.717) is 5.56 Å². The summed E-state index contributed by atoms with van der Waals surface area (Å²) in [6, 6.07) is 1.51. The number of likely N-dealkylation sites (N-methyl/N-ethyl adjacent to an activating group) is 2. The summed E-state index contributed by atoms with van der Waals surface area (Å²) in [5, 5.41) is 62.2. The number of nitrogens with one attached hydrogen (secondary N) is 2. The van der Waals surface area contributed by atoms with Gasteiger partial charge in [0.05, 0.1) is 34.9 Å². The van der Waals surface area contributed by atoms with Crippen LogP contribution in [0.1, 0.15) is 37.8 Å². The maximum Gasteiger partial charge on any atom is 0.255 e. The summed E-state index contributed by atoms with van der Waals surface area (Å²) in [5.41, 5.74) is -0.153. The van der Waals surface area contributed by atoms with Crippen LogP contribution in [-0.4, -0.2) is 98.2 Å². The molecule has 4 rings (SSSR count). The van der Waals surface area contributed by atoms with E-state index in [4.69, 9.17) is 5.73 Å². The minimum Gasteiger partial charge on any atom is -0.508 e. The molecule has 0 bridgehead atoms. The summed E-state index contributed by atoms with van der Waals surface area (Å²) >= 11 is 0. The molecule has 1 aromatic carbocycles. The number of aromatic hydroxyl groups is 1. The Morgan fingerprint density at radius 2 is 1.73 bits per heavy atom. The maximum atomic E-state index is 14.0. The Bertz CT molecular complexity index is 1410. The summed E-state index contributed by atoms with van der Waals surface area (Å²) in [4.78, 5) is 53.3. The highest BCUT2D eigenvalue weighted by atomic mass is 16.4. The number of hydrogen-bond donors (Lipinski definition) is 8. The number of primary amides is 1. The number of phenolic OH excluding ortho intramolecular Hbond substituents is 1. The van der Waals surface area contributed by atoms with Crippen LogP contribution in [-0.2, 0) is 19.2 Å². The van der Waals surface area contributed by atoms with Crippen LogP contribution < -0.4 is 16.4 Å². The van der Waals surface area contributed by atoms with E-state index in [-0.39, 0.29) is 11.3 Å². The molecular formula is C27H34N4O9. The molecule has 1 fully saturated rings. The van der Waals surface area contributed by atoms with Crippen molar-refractivity contribution < 1.29 is 44.7 Å². The molecule has 3 aliphatic carbocycles. The van der Waals surface area contributed by atoms with Gasteiger partial charge in [0.1, 0.15) is 22.8 Å². The van der Waals surface area contributed by atoms with Gasteiger partial charge in [-0.05, 0) is 52.5 Å². The number of nitrogens with two attached hydrogens (primary N) is 1. The van der Waals surface area contributed by atoms with Crippen molar-refractivity contribution >= 4 is 34.8 Å². The highest BCUT2D eigenvalue weighted by Crippen LogP contribution is 2.56. The first kappa shape index (κ1) is 29.2. The Hall–Kier alpha value is -3.78. The molecule has 1 saturated carbocycles. The fourth-order valence-corrected chi connectivity index (χ4v) is 6.11. The number of carbonyl (C=O) groups excluding carboxylic acids is 4. The molecule has 216 valence electrons. The number of fused-ring (bicyclic) bond motifs is 3. The normalized spacial score (nSPS) is 30.2. The molecule has 13 heteroatoms. The van der Waals surface area contributed by atoms with Crippen LogP contribution in [0.2, 0.25) is 0 Å². The van der Waals surface area contributed by atoms with E-state index in [0.717, 1.165) is 0 Å². The van der Waals surface area contributed by atoms with E-state index in [1.165, 1.54) is 31.1 Å². The lowest BCUT2D eigenvalue weighted by atomic mass is 9.54. The lowest BCUT2D eigenvalue weighted by molar-refractivity contribution is -0.169. The van der Waals surface area contributed by atoms with Crippen molar-refractivity contribution in [2.75, 3.05) is 26.5 Å². The van der Waals surface area contributed by atoms with E-state index in [1.807, 2.05) is 0 Å². The Morgan fingerprint density at radius 1 is 1.12 bits per heavy atom. The van der Waals surface area contributed by atoms with E-state index in [1.54, 1.807) is 27.8 Å². The van der Waals surface area contributed by atoms with Crippen LogP contribution in [0.15, 0.2) is 29.0 Å². The number of benzene rings is 1. The van der Waals surface area contributed by atoms with E-state index in [9.17, 15) is 44.7 Å². The number of amides is 2. The van der Waals surface area contributed by atoms with Crippen LogP contribution in [0.25, 0.3) is 5.76 Å². The number of anilines is 1. The van der Waals surface area contributed by atoms with Gasteiger partial charge in [-0.15, -0.1) is 0 Å². The first-order valence-corrected chi connectivity index (χ1v) is 12.6. The van der Waals surface area contributed by atoms with Gasteiger partial charge in [-0.2, -0.15) is 0 Å². The average Bonchev–Trinajstić information content (AvgIpc) is 2.87. The van der Waals surface area contributed by atoms with Crippen LogP contribution in [0.3, 0.4) is 0 Å². The van der Waals surface area contributed by atoms with Crippen molar-refractivity contribution in [3.05, 3.63) is 40.2 Å². The summed E-state index contributed by atoms with van der Waals surface area (Å²) in [5.74, 6) is -10.3. The fraction of sp³-hybridized carbons (Fsp3) is 0.481. The first-order chi connectivity index (χ1) is 18.4. The van der Waals surface area contributed by atoms with Crippen molar-refractivity contribution in [1.29, 1.82) is 0 Å². The van der Waals surface area contributed by atoms with E-state index < -0.39 is 92.8 Å². The molecule has 0 saturated heterocycles. The molecule has 2 amide bonds. The van der Waals surface area contributed by atoms with Crippen molar-refractivity contribution in [2.24, 2.45) is 17.6 Å². The third-order valence-electron chi connectivity index (χ3n) is 8.57. The number of nitrogens with zero attached hydrogens (tertiary/aromatic N) is 1. The zero-order valence-corrected chi connectivity index (χ0v) is 22.9. The molecule has 0 radical (unpaired) electrons. The van der Waals surface area contributed by atoms with Crippen LogP contribution in [0.4, 0.5) is 5.69 Å². The van der Waals surface area contributed by atoms with Gasteiger partial charge < -0.3 is 41.9 Å². The van der Waals surface area contributed by atoms with Crippen molar-refractivity contribution in [1.82, 2.24) is 10.2 Å². The Kier molecular flexibility index (Phi) is 6.87. The molecule has 3 aliphatic rings. The summed E-state index contributed by atoms with van der Waals surface area (Å²) in [6.45, 7) is 4.84. The molecule has 13 nitrogen and oxygen atoms in total. The predicted octanol–water partition coefficient (Wildman–Crippen LogP) is -0.568. The van der Waals surface area contributed by atoms with Crippen LogP contribution in [0, 0.1) is 11.8 Å². The number of hydrogen-bond acceptors (Lipinski definition) is 11. The third kappa shape index (κ3) is 3.76. The predicted molar refractivity (Wildman–Crippen MR) is 142 cm³/mol. The summed E-state index contributed by atoms with van der Waals surface area (Å²) < 4.78 is 0. The monoisotopic (exact) mass is 558 g/mol. The molecule has 0 aliphatic heterocycles. The Labute approximate surface area is 230 Å². The van der Waals surface area contributed by atoms with Gasteiger partial charge in [0.15, 0.2) is 11.4 Å². The molecule has 9 N–H and O–H groups in total. The van der Waals surface area contributed by atoms with Gasteiger partial charge in [-0.25, -0.2) is 0 Å². The molecule has 0 heterocycles. The van der Waals surface area contributed by atoms with Crippen molar-refractivity contribution in [3.63, 3.8) is 0 Å². The standard InChI is InChI=1S/C27H34N4O9/c1-9-10-7-8-11(30-25(39)26(2,3)29-4)18(32)13(10)19(33)14-12(9)20(34)16-17(31(5)6)21(35)15(24(28)38)23(37)27(16,40)22(14)36/h7-9,12,16-17,20,29,32-34,37,40H,1-6H3,(H2,28,38)(H,30,39)/t9?,12?,16?,17-,20?,27?/m0/s1. The molecule has 6 atom stereocenters. The Morgan fingerprint density at radius 3 is 2.25 bits per heavy atom. The lowest BCUT2D eigenvalue weighted by Gasteiger charge is -2.53. The third-order valence-corrected chi connectivity index (χ3v) is 8.57. The average molecular weight is 559 g/mol. The van der Waals surface area contributed by atoms with Gasteiger partial charge in [0.2, 0.25) is 11.7 Å². The summed E-state index contributed by atoms with van der Waals surface area (Å²) in [7, 11) is 4.45. The van der Waals surface area contributed by atoms with Gasteiger partial charge in [0, 0.05) is 11.5 Å². The molecule has 0 aromatic heterocycles. The zero-order valence-electron chi connectivity index (χ0n) is 22.9. The highest BCUT2D eigenvalue weighted by Gasteiger charge is 2.68. The molecular weight excluding hydrogens is 524 g/mol. The van der Waals surface area contributed by atoms with E-state index in [2.05, 4.69) is 10.6 Å². The number of rotatable bonds is 5. The van der Waals surface area contributed by atoms with Gasteiger partial charge in [0.25, 0.3) is 5.91 Å². The minimum absolute atomic E-state index is 0.0695. The topological polar surface area (TPSA) is 223 Å². The van der Waals surface area contributed by atoms with Gasteiger partial charge in [-0.1, -0.05) is 13.0 Å². The number of phenols is 1. The van der Waals surface area contributed by atoms with E-state index >= 15 is 0 Å². The number of Topliss-reactive ketones (excluding diaryl/α,β-unsaturated/α-hetero) is 2. The van der Waals surface area contributed by atoms with Crippen molar-refractivity contribution in [3.8, 4) is 5.75 Å². The number of aliphatic hydroxyl groups excluding tert-OH is 3. The highest BCUT2D eigenvalue weighted by molar-refractivity contribution is 6.24. The smallest absolute Gasteiger partial charge is 0.255 e. The molecule has 1 aromatic rings. The lowest BCUT2D eigenvalue weighted by Crippen LogP contribution is -2.70. The summed E-state index contributed by atoms with van der Waals surface area (Å²) in [6.07, 6.45) is -1.69. The SMILES string of the molecule is CNC(C)(C)C(=O)Nc1ccc2c(c1O)C(O)=C1C(=O)C3(O)C(O)=C(C(N)=O)C(=O)[C@@H](N(C)C)C3C(O)C1C2C. The maximum absolute atomic E-state index is 14.0. The largest absolute Gasteiger partial charge is 0.508 e.